The fourth-order valence-corrected chi connectivity index (χ4v) is 8.00. The number of halogens is 1. The van der Waals surface area contributed by atoms with Gasteiger partial charge < -0.3 is 10.2 Å². The Labute approximate surface area is 290 Å². The molecule has 1 fully saturated rings. The van der Waals surface area contributed by atoms with E-state index < -0.39 is 28.5 Å². The molecular weight excluding hydrogens is 642 g/mol. The highest BCUT2D eigenvalue weighted by Gasteiger charge is 2.36. The molecule has 48 heavy (non-hydrogen) atoms. The van der Waals surface area contributed by atoms with Crippen molar-refractivity contribution in [3.8, 4) is 0 Å². The Kier molecular flexibility index (Phi) is 12.0. The predicted octanol–water partition coefficient (Wildman–Crippen LogP) is 7.50. The van der Waals surface area contributed by atoms with Crippen LogP contribution in [0.3, 0.4) is 0 Å². The third-order valence-corrected chi connectivity index (χ3v) is 11.0. The number of rotatable bonds is 13. The average molecular weight is 686 g/mol. The summed E-state index contributed by atoms with van der Waals surface area (Å²) in [5.74, 6) is -0.737. The lowest BCUT2D eigenvalue weighted by molar-refractivity contribution is -0.140. The zero-order valence-electron chi connectivity index (χ0n) is 27.6. The fraction of sp³-hybridized carbons (Fsp3) is 0.333. The number of nitrogens with one attached hydrogen (secondary N) is 1. The molecule has 1 saturated carbocycles. The monoisotopic (exact) mass is 685 g/mol. The molecule has 1 aliphatic rings. The molecule has 1 N–H and O–H groups in total. The highest BCUT2D eigenvalue weighted by Crippen LogP contribution is 2.29. The van der Waals surface area contributed by atoms with Crippen LogP contribution in [0.5, 0.6) is 0 Å². The maximum absolute atomic E-state index is 14.8. The average Bonchev–Trinajstić information content (AvgIpc) is 3.09. The molecule has 0 saturated heterocycles. The Morgan fingerprint density at radius 2 is 1.52 bits per heavy atom. The minimum Gasteiger partial charge on any atom is -0.352 e. The van der Waals surface area contributed by atoms with Gasteiger partial charge in [-0.2, -0.15) is 0 Å². The summed E-state index contributed by atoms with van der Waals surface area (Å²) in [4.78, 5) is 30.7. The van der Waals surface area contributed by atoms with E-state index in [1.807, 2.05) is 62.4 Å². The van der Waals surface area contributed by atoms with E-state index in [0.29, 0.717) is 17.1 Å². The van der Waals surface area contributed by atoms with Crippen LogP contribution in [0, 0.1) is 6.92 Å². The summed E-state index contributed by atoms with van der Waals surface area (Å²) in [5, 5.41) is 3.75. The summed E-state index contributed by atoms with van der Waals surface area (Å²) in [5.41, 5.74) is 3.78. The van der Waals surface area contributed by atoms with Crippen molar-refractivity contribution in [1.82, 2.24) is 10.2 Å². The van der Waals surface area contributed by atoms with Crippen LogP contribution < -0.4 is 9.62 Å². The number of carbonyl (C=O) groups excluding carboxylic acids is 2. The molecule has 4 aromatic rings. The maximum Gasteiger partial charge on any atom is 0.264 e. The first-order chi connectivity index (χ1) is 23.2. The van der Waals surface area contributed by atoms with Crippen molar-refractivity contribution in [2.75, 3.05) is 10.8 Å². The zero-order valence-corrected chi connectivity index (χ0v) is 29.2. The van der Waals surface area contributed by atoms with Gasteiger partial charge in [0.15, 0.2) is 0 Å². The maximum atomic E-state index is 14.8. The Balaban J connectivity index is 1.58. The van der Waals surface area contributed by atoms with Gasteiger partial charge >= 0.3 is 0 Å². The molecule has 0 heterocycles. The number of nitrogens with zero attached hydrogens (tertiary/aromatic N) is 2. The van der Waals surface area contributed by atoms with Crippen molar-refractivity contribution in [3.63, 3.8) is 0 Å². The summed E-state index contributed by atoms with van der Waals surface area (Å²) in [6, 6.07) is 29.8. The van der Waals surface area contributed by atoms with Crippen molar-refractivity contribution < 1.29 is 18.0 Å². The van der Waals surface area contributed by atoms with Crippen LogP contribution in [-0.4, -0.2) is 43.8 Å². The van der Waals surface area contributed by atoms with Crippen molar-refractivity contribution in [3.05, 3.63) is 130 Å². The van der Waals surface area contributed by atoms with Crippen molar-refractivity contribution in [2.24, 2.45) is 0 Å². The molecule has 0 spiro atoms. The minimum atomic E-state index is -4.17. The standard InChI is InChI=1S/C39H44ClN3O4S/c1-3-32-16-10-11-20-36(32)43(48(46,47)35-23-21-29(2)22-24-35)28-38(44)42(27-31-15-12-17-33(40)25-31)37(26-30-13-6-4-7-14-30)39(45)41-34-18-8-5-9-19-34/h4,6-7,10-17,20-25,34,37H,3,5,8-9,18-19,26-28H2,1-2H3,(H,41,45). The third-order valence-electron chi connectivity index (χ3n) is 8.99. The predicted molar refractivity (Wildman–Crippen MR) is 192 cm³/mol. The van der Waals surface area contributed by atoms with E-state index in [1.54, 1.807) is 54.6 Å². The second kappa shape index (κ2) is 16.3. The summed E-state index contributed by atoms with van der Waals surface area (Å²) in [6.07, 6.45) is 5.84. The molecule has 1 atom stereocenters. The molecule has 0 bridgehead atoms. The summed E-state index contributed by atoms with van der Waals surface area (Å²) in [7, 11) is -4.17. The largest absolute Gasteiger partial charge is 0.352 e. The third kappa shape index (κ3) is 8.85. The van der Waals surface area contributed by atoms with Crippen LogP contribution in [0.25, 0.3) is 0 Å². The fourth-order valence-electron chi connectivity index (χ4n) is 6.33. The van der Waals surface area contributed by atoms with E-state index in [2.05, 4.69) is 5.32 Å². The molecule has 4 aromatic carbocycles. The van der Waals surface area contributed by atoms with E-state index in [9.17, 15) is 18.0 Å². The first-order valence-electron chi connectivity index (χ1n) is 16.7. The van der Waals surface area contributed by atoms with Gasteiger partial charge in [0, 0.05) is 24.0 Å². The topological polar surface area (TPSA) is 86.8 Å². The van der Waals surface area contributed by atoms with Crippen molar-refractivity contribution in [1.29, 1.82) is 0 Å². The normalized spacial score (nSPS) is 14.2. The molecule has 1 unspecified atom stereocenters. The first kappa shape index (κ1) is 35.2. The quantitative estimate of drug-likeness (QED) is 0.158. The molecule has 1 aliphatic carbocycles. The summed E-state index contributed by atoms with van der Waals surface area (Å²) < 4.78 is 30.0. The molecule has 0 radical (unpaired) electrons. The Bertz CT molecular complexity index is 1790. The molecule has 7 nitrogen and oxygen atoms in total. The van der Waals surface area contributed by atoms with Crippen LogP contribution in [0.1, 0.15) is 61.3 Å². The molecule has 0 aromatic heterocycles. The number of carbonyl (C=O) groups is 2. The van der Waals surface area contributed by atoms with Gasteiger partial charge in [0.2, 0.25) is 11.8 Å². The van der Waals surface area contributed by atoms with Gasteiger partial charge in [-0.15, -0.1) is 0 Å². The number of sulfonamides is 1. The lowest BCUT2D eigenvalue weighted by atomic mass is 9.94. The second-order valence-corrected chi connectivity index (χ2v) is 14.8. The van der Waals surface area contributed by atoms with E-state index in [4.69, 9.17) is 11.6 Å². The number of para-hydroxylation sites is 1. The van der Waals surface area contributed by atoms with Gasteiger partial charge in [-0.25, -0.2) is 8.42 Å². The van der Waals surface area contributed by atoms with Gasteiger partial charge in [-0.3, -0.25) is 13.9 Å². The lowest BCUT2D eigenvalue weighted by Crippen LogP contribution is -2.55. The number of hydrogen-bond donors (Lipinski definition) is 1. The Hall–Kier alpha value is -4.14. The van der Waals surface area contributed by atoms with Crippen LogP contribution in [0.15, 0.2) is 108 Å². The first-order valence-corrected chi connectivity index (χ1v) is 18.5. The van der Waals surface area contributed by atoms with E-state index in [0.717, 1.165) is 54.4 Å². The van der Waals surface area contributed by atoms with Gasteiger partial charge in [0.1, 0.15) is 12.6 Å². The van der Waals surface area contributed by atoms with Crippen LogP contribution in [-0.2, 0) is 39.0 Å². The molecule has 252 valence electrons. The van der Waals surface area contributed by atoms with E-state index >= 15 is 0 Å². The molecule has 9 heteroatoms. The van der Waals surface area contributed by atoms with Gasteiger partial charge in [0.25, 0.3) is 10.0 Å². The van der Waals surface area contributed by atoms with Gasteiger partial charge in [-0.05, 0) is 73.2 Å². The Morgan fingerprint density at radius 1 is 0.854 bits per heavy atom. The zero-order chi connectivity index (χ0) is 34.1. The van der Waals surface area contributed by atoms with Crippen molar-refractivity contribution in [2.45, 2.75) is 82.3 Å². The van der Waals surface area contributed by atoms with Crippen molar-refractivity contribution >= 4 is 39.1 Å². The van der Waals surface area contributed by atoms with E-state index in [1.165, 1.54) is 9.21 Å². The number of hydrogen-bond acceptors (Lipinski definition) is 4. The lowest BCUT2D eigenvalue weighted by Gasteiger charge is -2.35. The molecule has 5 rings (SSSR count). The van der Waals surface area contributed by atoms with Crippen LogP contribution in [0.4, 0.5) is 5.69 Å². The second-order valence-electron chi connectivity index (χ2n) is 12.5. The summed E-state index contributed by atoms with van der Waals surface area (Å²) >= 11 is 6.37. The Morgan fingerprint density at radius 3 is 2.21 bits per heavy atom. The SMILES string of the molecule is CCc1ccccc1N(CC(=O)N(Cc1cccc(Cl)c1)C(Cc1ccccc1)C(=O)NC1CCCCC1)S(=O)(=O)c1ccc(C)cc1. The number of aryl methyl sites for hydroxylation is 2. The molecule has 2 amide bonds. The van der Waals surface area contributed by atoms with Crippen LogP contribution >= 0.6 is 11.6 Å². The minimum absolute atomic E-state index is 0.0301. The van der Waals surface area contributed by atoms with Crippen LogP contribution in [0.2, 0.25) is 5.02 Å². The smallest absolute Gasteiger partial charge is 0.264 e. The highest BCUT2D eigenvalue weighted by atomic mass is 35.5. The molecular formula is C39H44ClN3O4S. The van der Waals surface area contributed by atoms with Gasteiger partial charge in [-0.1, -0.05) is 116 Å². The van der Waals surface area contributed by atoms with Gasteiger partial charge in [0.05, 0.1) is 10.6 Å². The molecule has 0 aliphatic heterocycles. The summed E-state index contributed by atoms with van der Waals surface area (Å²) in [6.45, 7) is 3.43. The highest BCUT2D eigenvalue weighted by molar-refractivity contribution is 7.92. The number of benzene rings is 4. The van der Waals surface area contributed by atoms with E-state index in [-0.39, 0.29) is 29.8 Å². The number of anilines is 1. The number of amides is 2.